The SMILES string of the molecule is CCCCCCCCC/C=C\CCCCCCCCCC(=O)OCCCCCCCCCCCCCCCC(=O)NC(CO)C(O)CCCCCCCCCCCCCCCCC. The normalized spacial score (nSPS) is 12.6. The molecule has 0 aliphatic heterocycles. The molecule has 0 radical (unpaired) electrons. The molecule has 0 saturated heterocycles. The van der Waals surface area contributed by atoms with E-state index in [0.717, 1.165) is 51.4 Å². The molecule has 63 heavy (non-hydrogen) atoms. The molecule has 6 nitrogen and oxygen atoms in total. The van der Waals surface area contributed by atoms with Gasteiger partial charge in [-0.15, -0.1) is 0 Å². The van der Waals surface area contributed by atoms with Gasteiger partial charge in [-0.1, -0.05) is 264 Å². The highest BCUT2D eigenvalue weighted by atomic mass is 16.5. The molecule has 0 aromatic heterocycles. The Morgan fingerprint density at radius 3 is 1.13 bits per heavy atom. The summed E-state index contributed by atoms with van der Waals surface area (Å²) < 4.78 is 5.48. The molecule has 0 saturated carbocycles. The maximum atomic E-state index is 12.5. The zero-order valence-electron chi connectivity index (χ0n) is 42.6. The number of carbonyl (C=O) groups excluding carboxylic acids is 2. The maximum Gasteiger partial charge on any atom is 0.305 e. The van der Waals surface area contributed by atoms with Gasteiger partial charge < -0.3 is 20.3 Å². The molecular formula is C57H111NO5. The summed E-state index contributed by atoms with van der Waals surface area (Å²) in [5.74, 6) is -0.0536. The summed E-state index contributed by atoms with van der Waals surface area (Å²) in [5.41, 5.74) is 0. The highest BCUT2D eigenvalue weighted by Crippen LogP contribution is 2.17. The molecule has 0 rings (SSSR count). The minimum absolute atomic E-state index is 0.00764. The molecule has 0 spiro atoms. The molecule has 0 aliphatic rings. The Labute approximate surface area is 393 Å². The van der Waals surface area contributed by atoms with Gasteiger partial charge in [-0.05, 0) is 51.4 Å². The van der Waals surface area contributed by atoms with Crippen molar-refractivity contribution in [2.45, 2.75) is 328 Å². The summed E-state index contributed by atoms with van der Waals surface area (Å²) in [6, 6.07) is -0.550. The molecular weight excluding hydrogens is 779 g/mol. The van der Waals surface area contributed by atoms with Crippen LogP contribution >= 0.6 is 0 Å². The predicted molar refractivity (Wildman–Crippen MR) is 273 cm³/mol. The van der Waals surface area contributed by atoms with Crippen molar-refractivity contribution < 1.29 is 24.5 Å². The van der Waals surface area contributed by atoms with Gasteiger partial charge in [0.25, 0.3) is 0 Å². The van der Waals surface area contributed by atoms with E-state index in [2.05, 4.69) is 31.3 Å². The van der Waals surface area contributed by atoms with Crippen LogP contribution in [0.25, 0.3) is 0 Å². The first-order valence-electron chi connectivity index (χ1n) is 28.4. The van der Waals surface area contributed by atoms with Gasteiger partial charge in [0.1, 0.15) is 0 Å². The summed E-state index contributed by atoms with van der Waals surface area (Å²) in [5, 5.41) is 23.3. The summed E-state index contributed by atoms with van der Waals surface area (Å²) >= 11 is 0. The maximum absolute atomic E-state index is 12.5. The van der Waals surface area contributed by atoms with Crippen LogP contribution in [0.1, 0.15) is 316 Å². The molecule has 0 bridgehead atoms. The fourth-order valence-electron chi connectivity index (χ4n) is 8.93. The minimum Gasteiger partial charge on any atom is -0.466 e. The average Bonchev–Trinajstić information content (AvgIpc) is 3.28. The molecule has 2 unspecified atom stereocenters. The second-order valence-corrected chi connectivity index (χ2v) is 19.6. The van der Waals surface area contributed by atoms with Crippen molar-refractivity contribution in [3.05, 3.63) is 12.2 Å². The summed E-state index contributed by atoms with van der Waals surface area (Å²) in [6.45, 7) is 4.94. The van der Waals surface area contributed by atoms with E-state index in [4.69, 9.17) is 4.74 Å². The molecule has 0 aliphatic carbocycles. The van der Waals surface area contributed by atoms with Gasteiger partial charge in [0, 0.05) is 12.8 Å². The second-order valence-electron chi connectivity index (χ2n) is 19.6. The third-order valence-electron chi connectivity index (χ3n) is 13.3. The van der Waals surface area contributed by atoms with Crippen molar-refractivity contribution in [2.24, 2.45) is 0 Å². The smallest absolute Gasteiger partial charge is 0.305 e. The molecule has 0 aromatic rings. The Bertz CT molecular complexity index is 939. The Balaban J connectivity index is 3.43. The Hall–Kier alpha value is -1.40. The van der Waals surface area contributed by atoms with E-state index in [1.165, 1.54) is 231 Å². The van der Waals surface area contributed by atoms with E-state index in [1.807, 2.05) is 0 Å². The highest BCUT2D eigenvalue weighted by molar-refractivity contribution is 5.76. The van der Waals surface area contributed by atoms with Gasteiger partial charge >= 0.3 is 5.97 Å². The van der Waals surface area contributed by atoms with E-state index in [-0.39, 0.29) is 18.5 Å². The number of hydrogen-bond donors (Lipinski definition) is 3. The van der Waals surface area contributed by atoms with Crippen molar-refractivity contribution in [1.29, 1.82) is 0 Å². The Morgan fingerprint density at radius 2 is 0.746 bits per heavy atom. The minimum atomic E-state index is -0.672. The fraction of sp³-hybridized carbons (Fsp3) is 0.930. The lowest BCUT2D eigenvalue weighted by atomic mass is 10.0. The first-order valence-corrected chi connectivity index (χ1v) is 28.4. The van der Waals surface area contributed by atoms with E-state index < -0.39 is 12.1 Å². The van der Waals surface area contributed by atoms with Crippen LogP contribution in [-0.4, -0.2) is 47.4 Å². The third kappa shape index (κ3) is 49.9. The van der Waals surface area contributed by atoms with Gasteiger partial charge in [0.15, 0.2) is 0 Å². The van der Waals surface area contributed by atoms with Gasteiger partial charge in [0.05, 0.1) is 25.4 Å². The molecule has 0 fully saturated rings. The zero-order valence-corrected chi connectivity index (χ0v) is 42.6. The molecule has 0 heterocycles. The van der Waals surface area contributed by atoms with Gasteiger partial charge in [-0.25, -0.2) is 0 Å². The number of hydrogen-bond acceptors (Lipinski definition) is 5. The van der Waals surface area contributed by atoms with Crippen LogP contribution in [0.2, 0.25) is 0 Å². The van der Waals surface area contributed by atoms with Crippen LogP contribution < -0.4 is 5.32 Å². The van der Waals surface area contributed by atoms with Crippen molar-refractivity contribution in [3.63, 3.8) is 0 Å². The standard InChI is InChI=1S/C57H111NO5/c1-3-5-7-9-11-13-15-17-19-20-21-23-27-31-35-39-43-47-51-57(62)63-52-48-44-40-36-32-28-24-26-30-34-38-42-46-50-56(61)58-54(53-59)55(60)49-45-41-37-33-29-25-22-18-16-14-12-10-8-6-4-2/h19-20,54-55,59-60H,3-18,21-53H2,1-2H3,(H,58,61)/b20-19-. The van der Waals surface area contributed by atoms with Gasteiger partial charge in [-0.3, -0.25) is 9.59 Å². The lowest BCUT2D eigenvalue weighted by Crippen LogP contribution is -2.45. The van der Waals surface area contributed by atoms with Crippen molar-refractivity contribution in [2.75, 3.05) is 13.2 Å². The number of aliphatic hydroxyl groups is 2. The third-order valence-corrected chi connectivity index (χ3v) is 13.3. The molecule has 3 N–H and O–H groups in total. The lowest BCUT2D eigenvalue weighted by molar-refractivity contribution is -0.143. The number of ether oxygens (including phenoxy) is 1. The molecule has 2 atom stereocenters. The Morgan fingerprint density at radius 1 is 0.429 bits per heavy atom. The van der Waals surface area contributed by atoms with Crippen LogP contribution in [0.5, 0.6) is 0 Å². The largest absolute Gasteiger partial charge is 0.466 e. The summed E-state index contributed by atoms with van der Waals surface area (Å²) in [4.78, 5) is 24.5. The van der Waals surface area contributed by atoms with Crippen molar-refractivity contribution in [3.8, 4) is 0 Å². The van der Waals surface area contributed by atoms with Crippen LogP contribution in [0.15, 0.2) is 12.2 Å². The number of aliphatic hydroxyl groups excluding tert-OH is 2. The van der Waals surface area contributed by atoms with Crippen molar-refractivity contribution >= 4 is 11.9 Å². The highest BCUT2D eigenvalue weighted by Gasteiger charge is 2.20. The van der Waals surface area contributed by atoms with Crippen LogP contribution in [0.4, 0.5) is 0 Å². The number of nitrogens with one attached hydrogen (secondary N) is 1. The van der Waals surface area contributed by atoms with Crippen LogP contribution in [-0.2, 0) is 14.3 Å². The number of carbonyl (C=O) groups is 2. The molecule has 6 heteroatoms. The topological polar surface area (TPSA) is 95.9 Å². The van der Waals surface area contributed by atoms with Crippen LogP contribution in [0, 0.1) is 0 Å². The van der Waals surface area contributed by atoms with E-state index in [9.17, 15) is 19.8 Å². The predicted octanol–water partition coefficient (Wildman–Crippen LogP) is 17.3. The molecule has 0 aromatic carbocycles. The first-order chi connectivity index (χ1) is 31.0. The van der Waals surface area contributed by atoms with Crippen LogP contribution in [0.3, 0.4) is 0 Å². The number of amides is 1. The second kappa shape index (κ2) is 53.2. The summed E-state index contributed by atoms with van der Waals surface area (Å²) in [6.07, 6.45) is 61.9. The van der Waals surface area contributed by atoms with Gasteiger partial charge in [0.2, 0.25) is 5.91 Å². The monoisotopic (exact) mass is 890 g/mol. The quantitative estimate of drug-likeness (QED) is 0.0321. The first kappa shape index (κ1) is 61.6. The van der Waals surface area contributed by atoms with E-state index in [1.54, 1.807) is 0 Å². The molecule has 1 amide bonds. The molecule has 374 valence electrons. The average molecular weight is 891 g/mol. The fourth-order valence-corrected chi connectivity index (χ4v) is 8.93. The van der Waals surface area contributed by atoms with E-state index >= 15 is 0 Å². The summed E-state index contributed by atoms with van der Waals surface area (Å²) in [7, 11) is 0. The number of unbranched alkanes of at least 4 members (excludes halogenated alkanes) is 40. The van der Waals surface area contributed by atoms with Crippen molar-refractivity contribution in [1.82, 2.24) is 5.32 Å². The van der Waals surface area contributed by atoms with E-state index in [0.29, 0.717) is 25.9 Å². The van der Waals surface area contributed by atoms with Gasteiger partial charge in [-0.2, -0.15) is 0 Å². The number of allylic oxidation sites excluding steroid dienone is 2. The Kier molecular flexibility index (Phi) is 52.0. The lowest BCUT2D eigenvalue weighted by Gasteiger charge is -2.22. The zero-order chi connectivity index (χ0) is 45.8. The number of rotatable bonds is 53. The number of esters is 1.